The van der Waals surface area contributed by atoms with Gasteiger partial charge in [0.1, 0.15) is 0 Å². The van der Waals surface area contributed by atoms with Gasteiger partial charge in [0, 0.05) is 4.88 Å². The van der Waals surface area contributed by atoms with Crippen molar-refractivity contribution in [1.82, 2.24) is 5.32 Å². The minimum Gasteiger partial charge on any atom is -0.323 e. The smallest absolute Gasteiger partial charge is 0.00801 e. The first-order valence-electron chi connectivity index (χ1n) is 5.04. The van der Waals surface area contributed by atoms with Crippen LogP contribution in [0.15, 0.2) is 24.1 Å². The van der Waals surface area contributed by atoms with Gasteiger partial charge in [-0.05, 0) is 50.4 Å². The standard InChI is InChI=1S/C10H14S.C2H7N/c1-3-5-6-10-9(4-2)7-8-11-10;1-3-2/h3,7-8H,1,4-6H2,2H3;3H,1-2H3. The SMILES string of the molecule is C=CCCc1sccc1CC.CNC. The van der Waals surface area contributed by atoms with Crippen molar-refractivity contribution in [1.29, 1.82) is 0 Å². The summed E-state index contributed by atoms with van der Waals surface area (Å²) >= 11 is 1.87. The lowest BCUT2D eigenvalue weighted by atomic mass is 10.1. The van der Waals surface area contributed by atoms with Crippen molar-refractivity contribution in [3.63, 3.8) is 0 Å². The van der Waals surface area contributed by atoms with Crippen molar-refractivity contribution in [2.24, 2.45) is 0 Å². The molecular formula is C12H21NS. The summed E-state index contributed by atoms with van der Waals surface area (Å²) < 4.78 is 0. The molecule has 0 aliphatic carbocycles. The maximum atomic E-state index is 3.72. The van der Waals surface area contributed by atoms with E-state index < -0.39 is 0 Å². The lowest BCUT2D eigenvalue weighted by Crippen LogP contribution is -1.89. The maximum Gasteiger partial charge on any atom is 0.00801 e. The highest BCUT2D eigenvalue weighted by molar-refractivity contribution is 7.10. The van der Waals surface area contributed by atoms with Gasteiger partial charge >= 0.3 is 0 Å². The fraction of sp³-hybridized carbons (Fsp3) is 0.500. The van der Waals surface area contributed by atoms with E-state index >= 15 is 0 Å². The van der Waals surface area contributed by atoms with Crippen LogP contribution in [0.4, 0.5) is 0 Å². The summed E-state index contributed by atoms with van der Waals surface area (Å²) in [5.74, 6) is 0. The Balaban J connectivity index is 0.000000500. The molecule has 0 radical (unpaired) electrons. The Morgan fingerprint density at radius 1 is 1.50 bits per heavy atom. The third kappa shape index (κ3) is 5.20. The van der Waals surface area contributed by atoms with Gasteiger partial charge in [-0.15, -0.1) is 17.9 Å². The van der Waals surface area contributed by atoms with Crippen LogP contribution in [0.25, 0.3) is 0 Å². The third-order valence-corrected chi connectivity index (χ3v) is 2.82. The quantitative estimate of drug-likeness (QED) is 0.754. The van der Waals surface area contributed by atoms with Gasteiger partial charge in [0.2, 0.25) is 0 Å². The molecule has 2 heteroatoms. The molecule has 1 N–H and O–H groups in total. The van der Waals surface area contributed by atoms with Gasteiger partial charge in [0.05, 0.1) is 0 Å². The normalized spacial score (nSPS) is 9.07. The fourth-order valence-corrected chi connectivity index (χ4v) is 2.13. The van der Waals surface area contributed by atoms with E-state index in [1.54, 1.807) is 0 Å². The molecule has 0 saturated heterocycles. The zero-order valence-corrected chi connectivity index (χ0v) is 10.3. The molecule has 0 spiro atoms. The maximum absolute atomic E-state index is 3.72. The number of hydrogen-bond donors (Lipinski definition) is 1. The highest BCUT2D eigenvalue weighted by Gasteiger charge is 1.99. The molecular weight excluding hydrogens is 190 g/mol. The molecule has 1 heterocycles. The van der Waals surface area contributed by atoms with E-state index in [4.69, 9.17) is 0 Å². The first-order chi connectivity index (χ1) is 6.79. The van der Waals surface area contributed by atoms with Crippen LogP contribution < -0.4 is 5.32 Å². The third-order valence-electron chi connectivity index (χ3n) is 1.79. The van der Waals surface area contributed by atoms with E-state index in [1.807, 2.05) is 31.5 Å². The number of thiophene rings is 1. The van der Waals surface area contributed by atoms with Crippen LogP contribution in [0.2, 0.25) is 0 Å². The molecule has 1 aromatic heterocycles. The highest BCUT2D eigenvalue weighted by atomic mass is 32.1. The van der Waals surface area contributed by atoms with Crippen molar-refractivity contribution in [3.05, 3.63) is 34.5 Å². The van der Waals surface area contributed by atoms with Crippen molar-refractivity contribution in [2.75, 3.05) is 14.1 Å². The highest BCUT2D eigenvalue weighted by Crippen LogP contribution is 2.18. The van der Waals surface area contributed by atoms with E-state index in [1.165, 1.54) is 16.9 Å². The first-order valence-corrected chi connectivity index (χ1v) is 5.92. The van der Waals surface area contributed by atoms with Crippen molar-refractivity contribution in [3.8, 4) is 0 Å². The minimum atomic E-state index is 1.10. The van der Waals surface area contributed by atoms with Gasteiger partial charge in [-0.3, -0.25) is 0 Å². The Bertz CT molecular complexity index is 240. The number of rotatable bonds is 4. The van der Waals surface area contributed by atoms with Crippen molar-refractivity contribution < 1.29 is 0 Å². The van der Waals surface area contributed by atoms with E-state index in [2.05, 4.69) is 30.3 Å². The van der Waals surface area contributed by atoms with Gasteiger partial charge in [-0.2, -0.15) is 0 Å². The number of hydrogen-bond acceptors (Lipinski definition) is 2. The lowest BCUT2D eigenvalue weighted by Gasteiger charge is -1.96. The molecule has 0 unspecified atom stereocenters. The monoisotopic (exact) mass is 211 g/mol. The van der Waals surface area contributed by atoms with Crippen molar-refractivity contribution >= 4 is 11.3 Å². The number of aryl methyl sites for hydroxylation is 2. The van der Waals surface area contributed by atoms with Crippen LogP contribution >= 0.6 is 11.3 Å². The summed E-state index contributed by atoms with van der Waals surface area (Å²) in [6.45, 7) is 5.93. The van der Waals surface area contributed by atoms with Crippen LogP contribution in [0.1, 0.15) is 23.8 Å². The summed E-state index contributed by atoms with van der Waals surface area (Å²) in [4.78, 5) is 1.53. The molecule has 0 saturated carbocycles. The summed E-state index contributed by atoms with van der Waals surface area (Å²) in [6.07, 6.45) is 5.42. The average Bonchev–Trinajstić information content (AvgIpc) is 2.63. The molecule has 1 nitrogen and oxygen atoms in total. The van der Waals surface area contributed by atoms with Crippen LogP contribution in [0.5, 0.6) is 0 Å². The molecule has 0 amide bonds. The molecule has 0 aromatic carbocycles. The summed E-state index contributed by atoms with van der Waals surface area (Å²) in [5.41, 5.74) is 1.51. The van der Waals surface area contributed by atoms with Gasteiger partial charge in [0.15, 0.2) is 0 Å². The van der Waals surface area contributed by atoms with Crippen molar-refractivity contribution in [2.45, 2.75) is 26.2 Å². The van der Waals surface area contributed by atoms with E-state index in [9.17, 15) is 0 Å². The van der Waals surface area contributed by atoms with Gasteiger partial charge in [-0.25, -0.2) is 0 Å². The number of allylic oxidation sites excluding steroid dienone is 1. The molecule has 0 bridgehead atoms. The Labute approximate surface area is 91.9 Å². The molecule has 80 valence electrons. The minimum absolute atomic E-state index is 1.10. The van der Waals surface area contributed by atoms with E-state index in [0.717, 1.165) is 12.8 Å². The second-order valence-corrected chi connectivity index (χ2v) is 4.05. The average molecular weight is 211 g/mol. The molecule has 1 aromatic rings. The Hall–Kier alpha value is -0.600. The summed E-state index contributed by atoms with van der Waals surface area (Å²) in [6, 6.07) is 2.23. The zero-order valence-electron chi connectivity index (χ0n) is 9.47. The van der Waals surface area contributed by atoms with Crippen LogP contribution in [0, 0.1) is 0 Å². The van der Waals surface area contributed by atoms with Gasteiger partial charge in [0.25, 0.3) is 0 Å². The lowest BCUT2D eigenvalue weighted by molar-refractivity contribution is 0.993. The van der Waals surface area contributed by atoms with E-state index in [-0.39, 0.29) is 0 Å². The van der Waals surface area contributed by atoms with Gasteiger partial charge < -0.3 is 5.32 Å². The Morgan fingerprint density at radius 2 is 2.14 bits per heavy atom. The Kier molecular flexibility index (Phi) is 8.59. The zero-order chi connectivity index (χ0) is 10.8. The second-order valence-electron chi connectivity index (χ2n) is 3.05. The predicted molar refractivity (Wildman–Crippen MR) is 67.2 cm³/mol. The molecule has 0 atom stereocenters. The largest absolute Gasteiger partial charge is 0.323 e. The number of nitrogens with one attached hydrogen (secondary N) is 1. The topological polar surface area (TPSA) is 12.0 Å². The predicted octanol–water partition coefficient (Wildman–Crippen LogP) is 3.26. The summed E-state index contributed by atoms with van der Waals surface area (Å²) in [5, 5.41) is 4.93. The second kappa shape index (κ2) is 8.97. The van der Waals surface area contributed by atoms with Crippen LogP contribution in [0.3, 0.4) is 0 Å². The van der Waals surface area contributed by atoms with Crippen LogP contribution in [-0.2, 0) is 12.8 Å². The summed E-state index contributed by atoms with van der Waals surface area (Å²) in [7, 11) is 3.75. The van der Waals surface area contributed by atoms with Crippen LogP contribution in [-0.4, -0.2) is 14.1 Å². The fourth-order valence-electron chi connectivity index (χ4n) is 1.13. The molecule has 0 fully saturated rings. The molecule has 14 heavy (non-hydrogen) atoms. The molecule has 0 aliphatic rings. The molecule has 0 aliphatic heterocycles. The van der Waals surface area contributed by atoms with Gasteiger partial charge in [-0.1, -0.05) is 13.0 Å². The molecule has 1 rings (SSSR count). The first kappa shape index (κ1) is 13.4. The van der Waals surface area contributed by atoms with E-state index in [0.29, 0.717) is 0 Å². The Morgan fingerprint density at radius 3 is 2.64 bits per heavy atom.